The van der Waals surface area contributed by atoms with E-state index in [-0.39, 0.29) is 37.6 Å². The van der Waals surface area contributed by atoms with E-state index >= 15 is 0 Å². The van der Waals surface area contributed by atoms with E-state index in [1.54, 1.807) is 0 Å². The van der Waals surface area contributed by atoms with Crippen molar-refractivity contribution >= 4 is 23.0 Å². The lowest BCUT2D eigenvalue weighted by atomic mass is 10.1. The molecule has 1 amide bonds. The number of carbonyl (C=O) groups excluding carboxylic acids is 1. The number of rotatable bonds is 6. The fourth-order valence-electron chi connectivity index (χ4n) is 3.27. The van der Waals surface area contributed by atoms with E-state index in [1.165, 1.54) is 9.80 Å². The molecule has 0 aromatic heterocycles. The lowest BCUT2D eigenvalue weighted by Crippen LogP contribution is -2.50. The lowest BCUT2D eigenvalue weighted by Gasteiger charge is -2.35. The molecule has 0 radical (unpaired) electrons. The summed E-state index contributed by atoms with van der Waals surface area (Å²) in [5, 5.41) is 21.9. The molecule has 0 aliphatic carbocycles. The van der Waals surface area contributed by atoms with Gasteiger partial charge in [0.05, 0.1) is 15.4 Å². The minimum absolute atomic E-state index is 0.0118. The maximum Gasteiger partial charge on any atom is 0.416 e. The third-order valence-corrected chi connectivity index (χ3v) is 4.95. The zero-order chi connectivity index (χ0) is 24.3. The van der Waals surface area contributed by atoms with Crippen molar-refractivity contribution in [1.82, 2.24) is 4.90 Å². The van der Waals surface area contributed by atoms with E-state index < -0.39 is 51.3 Å². The summed E-state index contributed by atoms with van der Waals surface area (Å²) < 4.78 is 57.4. The Morgan fingerprint density at radius 3 is 2.15 bits per heavy atom. The summed E-state index contributed by atoms with van der Waals surface area (Å²) in [7, 11) is 0. The highest BCUT2D eigenvalue weighted by Crippen LogP contribution is 2.36. The molecule has 0 bridgehead atoms. The molecular formula is C19H16F4N4O6. The number of nitro benzene ring substituents is 2. The van der Waals surface area contributed by atoms with Crippen molar-refractivity contribution < 1.29 is 36.9 Å². The van der Waals surface area contributed by atoms with Crippen LogP contribution in [0, 0.1) is 26.0 Å². The van der Waals surface area contributed by atoms with Crippen LogP contribution < -0.4 is 9.64 Å². The number of amides is 1. The Bertz CT molecular complexity index is 1090. The molecule has 1 heterocycles. The van der Waals surface area contributed by atoms with Gasteiger partial charge in [0.2, 0.25) is 5.82 Å². The number of alkyl halides is 3. The minimum Gasteiger partial charge on any atom is -0.484 e. The summed E-state index contributed by atoms with van der Waals surface area (Å²) >= 11 is 0. The first-order chi connectivity index (χ1) is 15.5. The number of nitrogens with zero attached hydrogens (tertiary/aromatic N) is 4. The molecule has 2 aromatic carbocycles. The van der Waals surface area contributed by atoms with Gasteiger partial charge in [0, 0.05) is 44.4 Å². The number of ether oxygens (including phenoxy) is 1. The van der Waals surface area contributed by atoms with Crippen LogP contribution in [0.3, 0.4) is 0 Å². The van der Waals surface area contributed by atoms with Crippen molar-refractivity contribution in [2.75, 3.05) is 37.7 Å². The van der Waals surface area contributed by atoms with Crippen LogP contribution >= 0.6 is 0 Å². The Balaban J connectivity index is 1.60. The molecule has 14 heteroatoms. The molecule has 10 nitrogen and oxygen atoms in total. The van der Waals surface area contributed by atoms with Gasteiger partial charge in [0.25, 0.3) is 11.6 Å². The van der Waals surface area contributed by atoms with Gasteiger partial charge in [-0.1, -0.05) is 0 Å². The van der Waals surface area contributed by atoms with Crippen LogP contribution in [0.2, 0.25) is 0 Å². The zero-order valence-corrected chi connectivity index (χ0v) is 16.7. The second kappa shape index (κ2) is 9.26. The fraction of sp³-hybridized carbons (Fsp3) is 0.316. The van der Waals surface area contributed by atoms with Crippen molar-refractivity contribution in [2.24, 2.45) is 0 Å². The number of benzene rings is 2. The first-order valence-electron chi connectivity index (χ1n) is 9.42. The number of nitro groups is 2. The van der Waals surface area contributed by atoms with Gasteiger partial charge in [-0.2, -0.15) is 17.6 Å². The molecule has 1 saturated heterocycles. The van der Waals surface area contributed by atoms with Gasteiger partial charge in [0.15, 0.2) is 6.61 Å². The number of piperazine rings is 1. The van der Waals surface area contributed by atoms with Crippen molar-refractivity contribution in [1.29, 1.82) is 0 Å². The van der Waals surface area contributed by atoms with E-state index in [4.69, 9.17) is 4.74 Å². The fourth-order valence-corrected chi connectivity index (χ4v) is 3.27. The van der Waals surface area contributed by atoms with Gasteiger partial charge in [-0.05, 0) is 18.2 Å². The standard InChI is InChI=1S/C19H16F4N4O6/c20-14-10-13(2-4-15(14)26(29)30)33-11-18(28)25-7-5-24(6-8-25)16-3-1-12(19(21,22)23)9-17(16)27(31)32/h1-4,9-10H,5-8,11H2. The molecule has 0 unspecified atom stereocenters. The normalized spacial score (nSPS) is 14.2. The predicted octanol–water partition coefficient (Wildman–Crippen LogP) is 3.39. The van der Waals surface area contributed by atoms with Gasteiger partial charge >= 0.3 is 11.9 Å². The largest absolute Gasteiger partial charge is 0.484 e. The average molecular weight is 472 g/mol. The summed E-state index contributed by atoms with van der Waals surface area (Å²) in [5.74, 6) is -1.67. The number of hydrogen-bond donors (Lipinski definition) is 0. The summed E-state index contributed by atoms with van der Waals surface area (Å²) in [6.45, 7) is 0.0237. The first kappa shape index (κ1) is 23.7. The summed E-state index contributed by atoms with van der Waals surface area (Å²) in [4.78, 5) is 35.4. The summed E-state index contributed by atoms with van der Waals surface area (Å²) in [5.41, 5.74) is -2.54. The molecule has 0 saturated carbocycles. The predicted molar refractivity (Wildman–Crippen MR) is 105 cm³/mol. The molecule has 0 atom stereocenters. The van der Waals surface area contributed by atoms with Crippen molar-refractivity contribution in [3.8, 4) is 5.75 Å². The molecule has 1 fully saturated rings. The third kappa shape index (κ3) is 5.45. The number of anilines is 1. The molecule has 1 aliphatic rings. The Morgan fingerprint density at radius 2 is 1.61 bits per heavy atom. The quantitative estimate of drug-likeness (QED) is 0.359. The SMILES string of the molecule is O=C(COc1ccc([N+](=O)[O-])c(F)c1)N1CCN(c2ccc(C(F)(F)F)cc2[N+](=O)[O-])CC1. The molecule has 2 aromatic rings. The van der Waals surface area contributed by atoms with Gasteiger partial charge in [-0.3, -0.25) is 25.0 Å². The van der Waals surface area contributed by atoms with Gasteiger partial charge in [-0.25, -0.2) is 0 Å². The molecule has 33 heavy (non-hydrogen) atoms. The maximum atomic E-state index is 13.6. The molecule has 1 aliphatic heterocycles. The van der Waals surface area contributed by atoms with Crippen LogP contribution in [0.25, 0.3) is 0 Å². The second-order valence-electron chi connectivity index (χ2n) is 6.99. The Morgan fingerprint density at radius 1 is 0.970 bits per heavy atom. The minimum atomic E-state index is -4.72. The topological polar surface area (TPSA) is 119 Å². The number of carbonyl (C=O) groups is 1. The average Bonchev–Trinajstić information content (AvgIpc) is 2.76. The smallest absolute Gasteiger partial charge is 0.416 e. The van der Waals surface area contributed by atoms with Crippen LogP contribution in [-0.4, -0.2) is 53.4 Å². The van der Waals surface area contributed by atoms with Crippen LogP contribution in [-0.2, 0) is 11.0 Å². The highest BCUT2D eigenvalue weighted by Gasteiger charge is 2.34. The number of hydrogen-bond acceptors (Lipinski definition) is 7. The van der Waals surface area contributed by atoms with Crippen LogP contribution in [0.15, 0.2) is 36.4 Å². The lowest BCUT2D eigenvalue weighted by molar-refractivity contribution is -0.387. The van der Waals surface area contributed by atoms with E-state index in [1.807, 2.05) is 0 Å². The van der Waals surface area contributed by atoms with E-state index in [0.29, 0.717) is 6.07 Å². The Labute approximate surface area is 183 Å². The summed E-state index contributed by atoms with van der Waals surface area (Å²) in [6, 6.07) is 5.11. The highest BCUT2D eigenvalue weighted by molar-refractivity contribution is 5.78. The maximum absolute atomic E-state index is 13.6. The Hall–Kier alpha value is -3.97. The third-order valence-electron chi connectivity index (χ3n) is 4.95. The van der Waals surface area contributed by atoms with Crippen LogP contribution in [0.1, 0.15) is 5.56 Å². The van der Waals surface area contributed by atoms with Crippen LogP contribution in [0.5, 0.6) is 5.75 Å². The summed E-state index contributed by atoms with van der Waals surface area (Å²) in [6.07, 6.45) is -4.72. The molecule has 0 N–H and O–H groups in total. The van der Waals surface area contributed by atoms with E-state index in [9.17, 15) is 42.6 Å². The van der Waals surface area contributed by atoms with Gasteiger partial charge in [-0.15, -0.1) is 0 Å². The highest BCUT2D eigenvalue weighted by atomic mass is 19.4. The first-order valence-corrected chi connectivity index (χ1v) is 9.42. The Kier molecular flexibility index (Phi) is 6.65. The molecule has 3 rings (SSSR count). The van der Waals surface area contributed by atoms with Crippen molar-refractivity contribution in [3.63, 3.8) is 0 Å². The molecule has 0 spiro atoms. The van der Waals surface area contributed by atoms with E-state index in [0.717, 1.165) is 30.3 Å². The van der Waals surface area contributed by atoms with Gasteiger partial charge in [0.1, 0.15) is 11.4 Å². The van der Waals surface area contributed by atoms with Crippen LogP contribution in [0.4, 0.5) is 34.6 Å². The molecular weight excluding hydrogens is 456 g/mol. The second-order valence-corrected chi connectivity index (χ2v) is 6.99. The van der Waals surface area contributed by atoms with E-state index in [2.05, 4.69) is 0 Å². The zero-order valence-electron chi connectivity index (χ0n) is 16.7. The molecule has 176 valence electrons. The van der Waals surface area contributed by atoms with Crippen molar-refractivity contribution in [2.45, 2.75) is 6.18 Å². The van der Waals surface area contributed by atoms with Gasteiger partial charge < -0.3 is 14.5 Å². The van der Waals surface area contributed by atoms with Crippen molar-refractivity contribution in [3.05, 3.63) is 68.0 Å². The number of halogens is 4. The monoisotopic (exact) mass is 472 g/mol.